The Balaban J connectivity index is 2.38. The molecule has 1 N–H and O–H groups in total. The first-order valence-electron chi connectivity index (χ1n) is 4.84. The summed E-state index contributed by atoms with van der Waals surface area (Å²) in [4.78, 5) is 0. The highest BCUT2D eigenvalue weighted by Crippen LogP contribution is 1.99. The first kappa shape index (κ1) is 10.2. The fourth-order valence-corrected chi connectivity index (χ4v) is 1.30. The first-order chi connectivity index (χ1) is 6.27. The van der Waals surface area contributed by atoms with E-state index in [0.29, 0.717) is 6.04 Å². The minimum atomic E-state index is 0.606. The molecule has 4 heteroatoms. The lowest BCUT2D eigenvalue weighted by molar-refractivity contribution is 0.472. The molecule has 0 aliphatic rings. The Morgan fingerprint density at radius 1 is 1.46 bits per heavy atom. The van der Waals surface area contributed by atoms with E-state index in [1.54, 1.807) is 10.9 Å². The van der Waals surface area contributed by atoms with Gasteiger partial charge >= 0.3 is 0 Å². The van der Waals surface area contributed by atoms with Gasteiger partial charge in [-0.05, 0) is 12.8 Å². The minimum absolute atomic E-state index is 0.606. The number of nitrogens with one attached hydrogen (secondary N) is 1. The van der Waals surface area contributed by atoms with Crippen molar-refractivity contribution in [2.45, 2.75) is 39.3 Å². The van der Waals surface area contributed by atoms with Gasteiger partial charge in [0.15, 0.2) is 0 Å². The Hall–Kier alpha value is -0.900. The van der Waals surface area contributed by atoms with Gasteiger partial charge in [0.2, 0.25) is 0 Å². The number of hydrogen-bond donors (Lipinski definition) is 1. The van der Waals surface area contributed by atoms with Crippen LogP contribution >= 0.6 is 0 Å². The maximum Gasteiger partial charge on any atom is 0.0738 e. The topological polar surface area (TPSA) is 42.7 Å². The van der Waals surface area contributed by atoms with Crippen LogP contribution in [0.5, 0.6) is 0 Å². The van der Waals surface area contributed by atoms with Crippen LogP contribution in [0, 0.1) is 0 Å². The van der Waals surface area contributed by atoms with Crippen molar-refractivity contribution < 1.29 is 0 Å². The number of aryl methyl sites for hydroxylation is 1. The van der Waals surface area contributed by atoms with Crippen LogP contribution in [0.1, 0.15) is 32.4 Å². The Kier molecular flexibility index (Phi) is 3.89. The predicted molar refractivity (Wildman–Crippen MR) is 52.2 cm³/mol. The highest BCUT2D eigenvalue weighted by atomic mass is 15.4. The lowest BCUT2D eigenvalue weighted by Gasteiger charge is -2.13. The van der Waals surface area contributed by atoms with Gasteiger partial charge in [0.1, 0.15) is 0 Å². The minimum Gasteiger partial charge on any atom is -0.308 e. The Labute approximate surface area is 79.3 Å². The molecular weight excluding hydrogens is 164 g/mol. The van der Waals surface area contributed by atoms with Gasteiger partial charge in [-0.25, -0.2) is 0 Å². The molecule has 0 unspecified atom stereocenters. The lowest BCUT2D eigenvalue weighted by atomic mass is 10.2. The number of nitrogens with zero attached hydrogens (tertiary/aromatic N) is 3. The summed E-state index contributed by atoms with van der Waals surface area (Å²) < 4.78 is 1.80. The zero-order valence-corrected chi connectivity index (χ0v) is 8.62. The normalized spacial score (nSPS) is 11.1. The van der Waals surface area contributed by atoms with Crippen molar-refractivity contribution >= 4 is 0 Å². The van der Waals surface area contributed by atoms with E-state index in [4.69, 9.17) is 0 Å². The van der Waals surface area contributed by atoms with Gasteiger partial charge in [-0.15, -0.1) is 5.10 Å². The molecule has 0 amide bonds. The summed E-state index contributed by atoms with van der Waals surface area (Å²) in [6.07, 6.45) is 4.14. The van der Waals surface area contributed by atoms with Crippen LogP contribution in [0.25, 0.3) is 0 Å². The Morgan fingerprint density at radius 3 is 2.62 bits per heavy atom. The second kappa shape index (κ2) is 4.97. The van der Waals surface area contributed by atoms with Gasteiger partial charge in [-0.3, -0.25) is 4.68 Å². The van der Waals surface area contributed by atoms with Crippen molar-refractivity contribution in [2.75, 3.05) is 0 Å². The van der Waals surface area contributed by atoms with Crippen molar-refractivity contribution in [1.82, 2.24) is 20.3 Å². The molecule has 0 aromatic carbocycles. The third-order valence-electron chi connectivity index (χ3n) is 2.37. The molecule has 1 aromatic rings. The molecule has 0 atom stereocenters. The highest BCUT2D eigenvalue weighted by Gasteiger charge is 2.04. The zero-order chi connectivity index (χ0) is 9.68. The summed E-state index contributed by atoms with van der Waals surface area (Å²) in [6, 6.07) is 0.606. The van der Waals surface area contributed by atoms with E-state index >= 15 is 0 Å². The smallest absolute Gasteiger partial charge is 0.0738 e. The van der Waals surface area contributed by atoms with Gasteiger partial charge in [-0.2, -0.15) is 0 Å². The van der Waals surface area contributed by atoms with Crippen molar-refractivity contribution in [3.8, 4) is 0 Å². The van der Waals surface area contributed by atoms with Crippen LogP contribution in [0.3, 0.4) is 0 Å². The average molecular weight is 182 g/mol. The maximum atomic E-state index is 3.87. The quantitative estimate of drug-likeness (QED) is 0.741. The first-order valence-corrected chi connectivity index (χ1v) is 4.84. The van der Waals surface area contributed by atoms with E-state index in [2.05, 4.69) is 29.5 Å². The molecule has 0 aliphatic carbocycles. The summed E-state index contributed by atoms with van der Waals surface area (Å²) in [5.74, 6) is 0. The van der Waals surface area contributed by atoms with Crippen molar-refractivity contribution in [2.24, 2.45) is 7.05 Å². The fourth-order valence-electron chi connectivity index (χ4n) is 1.30. The largest absolute Gasteiger partial charge is 0.308 e. The second-order valence-electron chi connectivity index (χ2n) is 3.24. The molecule has 74 valence electrons. The van der Waals surface area contributed by atoms with E-state index < -0.39 is 0 Å². The lowest BCUT2D eigenvalue weighted by Crippen LogP contribution is -2.27. The highest BCUT2D eigenvalue weighted by molar-refractivity contribution is 4.92. The predicted octanol–water partition coefficient (Wildman–Crippen LogP) is 1.09. The van der Waals surface area contributed by atoms with Crippen molar-refractivity contribution in [1.29, 1.82) is 0 Å². The van der Waals surface area contributed by atoms with E-state index in [1.807, 2.05) is 7.05 Å². The van der Waals surface area contributed by atoms with Gasteiger partial charge in [0, 0.05) is 19.6 Å². The molecule has 0 saturated heterocycles. The molecule has 0 aliphatic heterocycles. The van der Waals surface area contributed by atoms with E-state index in [0.717, 1.165) is 12.2 Å². The third kappa shape index (κ3) is 2.81. The van der Waals surface area contributed by atoms with Crippen LogP contribution < -0.4 is 5.32 Å². The maximum absolute atomic E-state index is 3.87. The van der Waals surface area contributed by atoms with Crippen molar-refractivity contribution in [3.05, 3.63) is 11.9 Å². The SMILES string of the molecule is CCC(CC)NCc1cnnn1C. The zero-order valence-electron chi connectivity index (χ0n) is 8.62. The molecule has 13 heavy (non-hydrogen) atoms. The molecule has 1 heterocycles. The van der Waals surface area contributed by atoms with E-state index in [1.165, 1.54) is 12.8 Å². The molecule has 4 nitrogen and oxygen atoms in total. The van der Waals surface area contributed by atoms with E-state index in [-0.39, 0.29) is 0 Å². The summed E-state index contributed by atoms with van der Waals surface area (Å²) >= 11 is 0. The van der Waals surface area contributed by atoms with Crippen LogP contribution in [0.15, 0.2) is 6.20 Å². The summed E-state index contributed by atoms with van der Waals surface area (Å²) in [6.45, 7) is 5.25. The molecule has 0 spiro atoms. The Morgan fingerprint density at radius 2 is 2.15 bits per heavy atom. The average Bonchev–Trinajstić information content (AvgIpc) is 2.54. The van der Waals surface area contributed by atoms with Crippen molar-refractivity contribution in [3.63, 3.8) is 0 Å². The van der Waals surface area contributed by atoms with Gasteiger partial charge < -0.3 is 5.32 Å². The standard InChI is InChI=1S/C9H18N4/c1-4-8(5-2)10-6-9-7-11-12-13(9)3/h7-8,10H,4-6H2,1-3H3. The second-order valence-corrected chi connectivity index (χ2v) is 3.24. The molecular formula is C9H18N4. The van der Waals surface area contributed by atoms with Crippen LogP contribution in [0.4, 0.5) is 0 Å². The molecule has 1 rings (SSSR count). The molecule has 0 fully saturated rings. The summed E-state index contributed by atoms with van der Waals surface area (Å²) in [7, 11) is 1.91. The van der Waals surface area contributed by atoms with Gasteiger partial charge in [-0.1, -0.05) is 19.1 Å². The third-order valence-corrected chi connectivity index (χ3v) is 2.37. The summed E-state index contributed by atoms with van der Waals surface area (Å²) in [5, 5.41) is 11.2. The Bertz CT molecular complexity index is 240. The number of aromatic nitrogens is 3. The van der Waals surface area contributed by atoms with Gasteiger partial charge in [0.25, 0.3) is 0 Å². The molecule has 1 aromatic heterocycles. The summed E-state index contributed by atoms with van der Waals surface area (Å²) in [5.41, 5.74) is 1.13. The number of hydrogen-bond acceptors (Lipinski definition) is 3. The monoisotopic (exact) mass is 182 g/mol. The molecule has 0 radical (unpaired) electrons. The fraction of sp³-hybridized carbons (Fsp3) is 0.778. The van der Waals surface area contributed by atoms with Crippen LogP contribution in [-0.2, 0) is 13.6 Å². The van der Waals surface area contributed by atoms with Gasteiger partial charge in [0.05, 0.1) is 11.9 Å². The van der Waals surface area contributed by atoms with Crippen LogP contribution in [-0.4, -0.2) is 21.0 Å². The van der Waals surface area contributed by atoms with Crippen LogP contribution in [0.2, 0.25) is 0 Å². The van der Waals surface area contributed by atoms with E-state index in [9.17, 15) is 0 Å². The molecule has 0 saturated carbocycles. The number of rotatable bonds is 5. The molecule has 0 bridgehead atoms.